The van der Waals surface area contributed by atoms with Gasteiger partial charge < -0.3 is 20.5 Å². The highest BCUT2D eigenvalue weighted by Gasteiger charge is 2.35. The summed E-state index contributed by atoms with van der Waals surface area (Å²) in [6, 6.07) is 6.01. The van der Waals surface area contributed by atoms with Gasteiger partial charge in [-0.3, -0.25) is 4.79 Å². The van der Waals surface area contributed by atoms with Gasteiger partial charge in [-0.15, -0.1) is 0 Å². The Balaban J connectivity index is 1.64. The van der Waals surface area contributed by atoms with E-state index in [2.05, 4.69) is 0 Å². The summed E-state index contributed by atoms with van der Waals surface area (Å²) in [5.41, 5.74) is 4.24. The van der Waals surface area contributed by atoms with Crippen LogP contribution in [0.5, 0.6) is 5.75 Å². The lowest BCUT2D eigenvalue weighted by Crippen LogP contribution is -2.48. The van der Waals surface area contributed by atoms with Crippen LogP contribution >= 0.6 is 11.6 Å². The van der Waals surface area contributed by atoms with Gasteiger partial charge in [-0.25, -0.2) is 13.2 Å². The normalized spacial score (nSPS) is 15.8. The molecule has 9 heteroatoms. The highest BCUT2D eigenvalue weighted by Crippen LogP contribution is 2.32. The van der Waals surface area contributed by atoms with Gasteiger partial charge in [0.2, 0.25) is 5.91 Å². The summed E-state index contributed by atoms with van der Waals surface area (Å²) >= 11 is 5.66. The molecule has 1 aliphatic heterocycles. The Hall–Kier alpha value is -2.45. The third kappa shape index (κ3) is 5.37. The second kappa shape index (κ2) is 9.14. The van der Waals surface area contributed by atoms with Crippen molar-refractivity contribution in [2.45, 2.75) is 31.3 Å². The number of halogens is 4. The molecule has 0 aliphatic carbocycles. The molecule has 0 atom stereocenters. The van der Waals surface area contributed by atoms with Crippen molar-refractivity contribution in [3.8, 4) is 5.75 Å². The number of benzene rings is 2. The average molecular weight is 443 g/mol. The zero-order valence-corrected chi connectivity index (χ0v) is 16.9. The minimum Gasteiger partial charge on any atom is -0.490 e. The van der Waals surface area contributed by atoms with Gasteiger partial charge in [0.15, 0.2) is 11.6 Å². The van der Waals surface area contributed by atoms with Crippen molar-refractivity contribution in [2.75, 3.05) is 24.6 Å². The first kappa shape index (κ1) is 22.2. The van der Waals surface area contributed by atoms with E-state index in [0.29, 0.717) is 11.3 Å². The molecule has 1 heterocycles. The monoisotopic (exact) mass is 442 g/mol. The lowest BCUT2D eigenvalue weighted by Gasteiger charge is -2.39. The average Bonchev–Trinajstić information content (AvgIpc) is 2.66. The Bertz CT molecular complexity index is 911. The van der Waals surface area contributed by atoms with Crippen molar-refractivity contribution in [3.05, 3.63) is 58.4 Å². The summed E-state index contributed by atoms with van der Waals surface area (Å²) in [5, 5.41) is 10.8. The quantitative estimate of drug-likeness (QED) is 0.687. The molecule has 30 heavy (non-hydrogen) atoms. The fourth-order valence-corrected chi connectivity index (χ4v) is 3.67. The Kier molecular flexibility index (Phi) is 6.77. The second-order valence-electron chi connectivity index (χ2n) is 7.44. The van der Waals surface area contributed by atoms with Crippen LogP contribution in [0, 0.1) is 17.5 Å². The van der Waals surface area contributed by atoms with Crippen LogP contribution in [0.4, 0.5) is 18.9 Å². The third-order valence-electron chi connectivity index (χ3n) is 5.15. The van der Waals surface area contributed by atoms with Crippen LogP contribution in [0.25, 0.3) is 0 Å². The number of aliphatic hydroxyl groups is 1. The maximum absolute atomic E-state index is 14.1. The first-order valence-electron chi connectivity index (χ1n) is 9.48. The Labute approximate surface area is 177 Å². The number of anilines is 1. The van der Waals surface area contributed by atoms with Gasteiger partial charge in [0.25, 0.3) is 0 Å². The number of nitrogens with zero attached hydrogens (tertiary/aromatic N) is 1. The number of ether oxygens (including phenoxy) is 1. The number of hydrogen-bond donors (Lipinski definition) is 2. The Morgan fingerprint density at radius 1 is 1.17 bits per heavy atom. The first-order valence-corrected chi connectivity index (χ1v) is 9.86. The second-order valence-corrected chi connectivity index (χ2v) is 7.87. The molecule has 5 nitrogen and oxygen atoms in total. The van der Waals surface area contributed by atoms with E-state index in [9.17, 15) is 23.1 Å². The van der Waals surface area contributed by atoms with Crippen molar-refractivity contribution < 1.29 is 27.8 Å². The topological polar surface area (TPSA) is 75.8 Å². The number of rotatable bonds is 7. The first-order chi connectivity index (χ1) is 14.2. The SMILES string of the molecule is NC(=O)CCc1cc(F)ccc1OCC1(O)CCN(c2c(F)cc(Cl)cc2F)CC1. The zero-order valence-electron chi connectivity index (χ0n) is 16.1. The van der Waals surface area contributed by atoms with Gasteiger partial charge in [0, 0.05) is 24.5 Å². The number of carbonyl (C=O) groups is 1. The van der Waals surface area contributed by atoms with E-state index in [1.165, 1.54) is 23.1 Å². The molecule has 1 fully saturated rings. The number of primary amides is 1. The molecule has 3 N–H and O–H groups in total. The van der Waals surface area contributed by atoms with Crippen molar-refractivity contribution in [1.29, 1.82) is 0 Å². The van der Waals surface area contributed by atoms with Crippen LogP contribution in [0.1, 0.15) is 24.8 Å². The fourth-order valence-electron chi connectivity index (χ4n) is 3.48. The molecule has 162 valence electrons. The molecule has 2 aromatic rings. The van der Waals surface area contributed by atoms with Crippen molar-refractivity contribution in [3.63, 3.8) is 0 Å². The molecule has 0 radical (unpaired) electrons. The molecule has 0 bridgehead atoms. The molecular weight excluding hydrogens is 421 g/mol. The smallest absolute Gasteiger partial charge is 0.217 e. The highest BCUT2D eigenvalue weighted by atomic mass is 35.5. The van der Waals surface area contributed by atoms with E-state index in [4.69, 9.17) is 22.1 Å². The van der Waals surface area contributed by atoms with Gasteiger partial charge >= 0.3 is 0 Å². The summed E-state index contributed by atoms with van der Waals surface area (Å²) in [5.74, 6) is -2.15. The van der Waals surface area contributed by atoms with E-state index in [0.717, 1.165) is 12.1 Å². The predicted molar refractivity (Wildman–Crippen MR) is 107 cm³/mol. The number of carbonyl (C=O) groups excluding carboxylic acids is 1. The van der Waals surface area contributed by atoms with Crippen molar-refractivity contribution in [1.82, 2.24) is 0 Å². The summed E-state index contributed by atoms with van der Waals surface area (Å²) < 4.78 is 47.6. The molecule has 1 amide bonds. The molecule has 0 aromatic heterocycles. The van der Waals surface area contributed by atoms with E-state index in [1.54, 1.807) is 0 Å². The highest BCUT2D eigenvalue weighted by molar-refractivity contribution is 6.30. The van der Waals surface area contributed by atoms with Crippen LogP contribution < -0.4 is 15.4 Å². The van der Waals surface area contributed by atoms with Crippen LogP contribution in [0.2, 0.25) is 5.02 Å². The lowest BCUT2D eigenvalue weighted by molar-refractivity contribution is -0.118. The Morgan fingerprint density at radius 3 is 2.40 bits per heavy atom. The number of nitrogens with two attached hydrogens (primary N) is 1. The third-order valence-corrected chi connectivity index (χ3v) is 5.37. The summed E-state index contributed by atoms with van der Waals surface area (Å²) in [6.07, 6.45) is 0.680. The van der Waals surface area contributed by atoms with Crippen LogP contribution in [0.15, 0.2) is 30.3 Å². The molecule has 1 saturated heterocycles. The van der Waals surface area contributed by atoms with Gasteiger partial charge in [0.05, 0.1) is 0 Å². The van der Waals surface area contributed by atoms with E-state index < -0.39 is 29.0 Å². The molecule has 3 rings (SSSR count). The fraction of sp³-hybridized carbons (Fsp3) is 0.381. The lowest BCUT2D eigenvalue weighted by atomic mass is 9.92. The number of aryl methyl sites for hydroxylation is 1. The molecule has 0 spiro atoms. The van der Waals surface area contributed by atoms with Crippen LogP contribution in [0.3, 0.4) is 0 Å². The number of piperidine rings is 1. The minimum atomic E-state index is -1.22. The van der Waals surface area contributed by atoms with Crippen molar-refractivity contribution in [2.24, 2.45) is 5.73 Å². The van der Waals surface area contributed by atoms with E-state index in [1.807, 2.05) is 0 Å². The van der Waals surface area contributed by atoms with Gasteiger partial charge in [-0.1, -0.05) is 11.6 Å². The standard InChI is InChI=1S/C21H22ClF3N2O3/c22-14-10-16(24)20(17(25)11-14)27-7-5-21(29,6-8-27)12-30-18-3-2-15(23)9-13(18)1-4-19(26)28/h2-3,9-11,29H,1,4-8,12H2,(H2,26,28). The van der Waals surface area contributed by atoms with E-state index in [-0.39, 0.29) is 56.1 Å². The summed E-state index contributed by atoms with van der Waals surface area (Å²) in [4.78, 5) is 12.5. The number of amides is 1. The molecular formula is C21H22ClF3N2O3. The largest absolute Gasteiger partial charge is 0.490 e. The van der Waals surface area contributed by atoms with Gasteiger partial charge in [-0.05, 0) is 55.2 Å². The molecule has 0 saturated carbocycles. The Morgan fingerprint density at radius 2 is 1.80 bits per heavy atom. The zero-order chi connectivity index (χ0) is 21.9. The predicted octanol–water partition coefficient (Wildman–Crippen LogP) is 3.59. The van der Waals surface area contributed by atoms with Gasteiger partial charge in [-0.2, -0.15) is 0 Å². The number of hydrogen-bond acceptors (Lipinski definition) is 4. The maximum Gasteiger partial charge on any atom is 0.217 e. The van der Waals surface area contributed by atoms with Crippen LogP contribution in [-0.4, -0.2) is 36.3 Å². The van der Waals surface area contributed by atoms with E-state index >= 15 is 0 Å². The maximum atomic E-state index is 14.1. The summed E-state index contributed by atoms with van der Waals surface area (Å²) in [6.45, 7) is 0.349. The van der Waals surface area contributed by atoms with Crippen molar-refractivity contribution >= 4 is 23.2 Å². The molecule has 2 aromatic carbocycles. The van der Waals surface area contributed by atoms with Crippen LogP contribution in [-0.2, 0) is 11.2 Å². The molecule has 1 aliphatic rings. The minimum absolute atomic E-state index is 0.0258. The molecule has 0 unspecified atom stereocenters. The van der Waals surface area contributed by atoms with Gasteiger partial charge in [0.1, 0.15) is 29.5 Å². The summed E-state index contributed by atoms with van der Waals surface area (Å²) in [7, 11) is 0.